The number of nitrogens with zero attached hydrogens (tertiary/aromatic N) is 5. The van der Waals surface area contributed by atoms with Crippen molar-refractivity contribution in [2.45, 2.75) is 58.6 Å². The first kappa shape index (κ1) is 17.7. The van der Waals surface area contributed by atoms with E-state index in [1.54, 1.807) is 29.5 Å². The second-order valence-corrected chi connectivity index (χ2v) is 7.60. The number of rotatable bonds is 7. The minimum absolute atomic E-state index is 0.286. The molecule has 0 atom stereocenters. The van der Waals surface area contributed by atoms with Crippen molar-refractivity contribution in [3.8, 4) is 0 Å². The topological polar surface area (TPSA) is 73.0 Å². The molecule has 0 spiro atoms. The van der Waals surface area contributed by atoms with Gasteiger partial charge >= 0.3 is 0 Å². The van der Waals surface area contributed by atoms with Gasteiger partial charge in [-0.15, -0.1) is 0 Å². The lowest BCUT2D eigenvalue weighted by atomic mass is 10.4. The van der Waals surface area contributed by atoms with E-state index in [9.17, 15) is 8.42 Å². The highest BCUT2D eigenvalue weighted by Crippen LogP contribution is 2.24. The van der Waals surface area contributed by atoms with Crippen molar-refractivity contribution in [3.63, 3.8) is 0 Å². The summed E-state index contributed by atoms with van der Waals surface area (Å²) in [6.45, 7) is 9.30. The van der Waals surface area contributed by atoms with Crippen LogP contribution in [-0.4, -0.2) is 39.3 Å². The van der Waals surface area contributed by atoms with Crippen molar-refractivity contribution in [1.29, 1.82) is 0 Å². The molecule has 8 heteroatoms. The van der Waals surface area contributed by atoms with Gasteiger partial charge in [-0.3, -0.25) is 9.36 Å². The molecule has 0 N–H and O–H groups in total. The Morgan fingerprint density at radius 2 is 1.91 bits per heavy atom. The zero-order valence-corrected chi connectivity index (χ0v) is 15.3. The van der Waals surface area contributed by atoms with E-state index in [1.165, 1.54) is 4.31 Å². The lowest BCUT2D eigenvalue weighted by molar-refractivity contribution is 0.446. The maximum Gasteiger partial charge on any atom is 0.246 e. The first-order chi connectivity index (χ1) is 10.8. The standard InChI is InChI=1S/C15H25N5O2S/c1-6-10-20-13(4)15(12(3)17-20)23(21,22)18(5)11-14-8-9-16-19(14)7-2/h8-9H,6-7,10-11H2,1-5H3. The Morgan fingerprint density at radius 1 is 1.22 bits per heavy atom. The molecule has 2 heterocycles. The molecule has 7 nitrogen and oxygen atoms in total. The van der Waals surface area contributed by atoms with Gasteiger partial charge in [-0.1, -0.05) is 6.92 Å². The van der Waals surface area contributed by atoms with Crippen molar-refractivity contribution >= 4 is 10.0 Å². The lowest BCUT2D eigenvalue weighted by Gasteiger charge is -2.18. The summed E-state index contributed by atoms with van der Waals surface area (Å²) in [7, 11) is -1.99. The van der Waals surface area contributed by atoms with Crippen molar-refractivity contribution in [1.82, 2.24) is 23.9 Å². The monoisotopic (exact) mass is 339 g/mol. The smallest absolute Gasteiger partial charge is 0.246 e. The summed E-state index contributed by atoms with van der Waals surface area (Å²) >= 11 is 0. The number of hydrogen-bond acceptors (Lipinski definition) is 4. The second-order valence-electron chi connectivity index (χ2n) is 5.62. The molecule has 2 aromatic heterocycles. The van der Waals surface area contributed by atoms with Crippen LogP contribution in [0.3, 0.4) is 0 Å². The summed E-state index contributed by atoms with van der Waals surface area (Å²) in [6.07, 6.45) is 2.60. The fraction of sp³-hybridized carbons (Fsp3) is 0.600. The van der Waals surface area contributed by atoms with Crippen molar-refractivity contribution in [3.05, 3.63) is 29.3 Å². The molecule has 2 rings (SSSR count). The predicted molar refractivity (Wildman–Crippen MR) is 88.5 cm³/mol. The molecular formula is C15H25N5O2S. The van der Waals surface area contributed by atoms with E-state index in [0.717, 1.165) is 12.1 Å². The highest BCUT2D eigenvalue weighted by molar-refractivity contribution is 7.89. The third-order valence-corrected chi connectivity index (χ3v) is 5.96. The Kier molecular flexibility index (Phi) is 5.26. The Labute approximate surface area is 138 Å². The van der Waals surface area contributed by atoms with E-state index in [2.05, 4.69) is 10.2 Å². The molecule has 0 aromatic carbocycles. The molecule has 0 aliphatic rings. The maximum atomic E-state index is 13.0. The number of sulfonamides is 1. The zero-order chi connectivity index (χ0) is 17.2. The summed E-state index contributed by atoms with van der Waals surface area (Å²) in [5, 5.41) is 8.56. The first-order valence-corrected chi connectivity index (χ1v) is 9.27. The molecule has 0 saturated carbocycles. The Hall–Kier alpha value is -1.67. The van der Waals surface area contributed by atoms with Gasteiger partial charge in [-0.05, 0) is 33.3 Å². The van der Waals surface area contributed by atoms with Gasteiger partial charge < -0.3 is 0 Å². The lowest BCUT2D eigenvalue weighted by Crippen LogP contribution is -2.28. The van der Waals surface area contributed by atoms with Crippen molar-refractivity contribution in [2.24, 2.45) is 0 Å². The molecule has 23 heavy (non-hydrogen) atoms. The molecule has 0 saturated heterocycles. The maximum absolute atomic E-state index is 13.0. The molecule has 0 bridgehead atoms. The van der Waals surface area contributed by atoms with E-state index in [1.807, 2.05) is 26.8 Å². The third-order valence-electron chi connectivity index (χ3n) is 3.91. The van der Waals surface area contributed by atoms with Crippen LogP contribution in [0.2, 0.25) is 0 Å². The zero-order valence-electron chi connectivity index (χ0n) is 14.4. The van der Waals surface area contributed by atoms with Crippen molar-refractivity contribution in [2.75, 3.05) is 7.05 Å². The Bertz CT molecular complexity index is 776. The predicted octanol–water partition coefficient (Wildman–Crippen LogP) is 1.95. The average Bonchev–Trinajstić information content (AvgIpc) is 3.04. The van der Waals surface area contributed by atoms with E-state index in [4.69, 9.17) is 0 Å². The SMILES string of the molecule is CCCn1nc(C)c(S(=O)(=O)N(C)Cc2ccnn2CC)c1C. The van der Waals surface area contributed by atoms with E-state index in [-0.39, 0.29) is 6.54 Å². The van der Waals surface area contributed by atoms with Gasteiger partial charge in [0.15, 0.2) is 0 Å². The van der Waals surface area contributed by atoms with Crippen molar-refractivity contribution < 1.29 is 8.42 Å². The minimum atomic E-state index is -3.59. The van der Waals surface area contributed by atoms with Crippen LogP contribution in [0.1, 0.15) is 37.4 Å². The van der Waals surface area contributed by atoms with Gasteiger partial charge in [-0.2, -0.15) is 14.5 Å². The van der Waals surface area contributed by atoms with Crippen LogP contribution >= 0.6 is 0 Å². The molecule has 0 aliphatic carbocycles. The van der Waals surface area contributed by atoms with Crippen LogP contribution in [0.25, 0.3) is 0 Å². The first-order valence-electron chi connectivity index (χ1n) is 7.83. The van der Waals surface area contributed by atoms with Crippen LogP contribution in [0.15, 0.2) is 17.2 Å². The highest BCUT2D eigenvalue weighted by Gasteiger charge is 2.29. The summed E-state index contributed by atoms with van der Waals surface area (Å²) < 4.78 is 30.9. The normalized spacial score (nSPS) is 12.3. The third kappa shape index (κ3) is 3.32. The molecule has 0 radical (unpaired) electrons. The van der Waals surface area contributed by atoms with Crippen LogP contribution in [0, 0.1) is 13.8 Å². The van der Waals surface area contributed by atoms with E-state index in [0.29, 0.717) is 29.4 Å². The molecule has 128 valence electrons. The second kappa shape index (κ2) is 6.84. The Morgan fingerprint density at radius 3 is 2.52 bits per heavy atom. The fourth-order valence-corrected chi connectivity index (χ4v) is 4.24. The fourth-order valence-electron chi connectivity index (χ4n) is 2.73. The summed E-state index contributed by atoms with van der Waals surface area (Å²) in [4.78, 5) is 0.316. The van der Waals surface area contributed by atoms with Gasteiger partial charge in [0.25, 0.3) is 0 Å². The molecule has 0 amide bonds. The molecule has 2 aromatic rings. The van der Waals surface area contributed by atoms with Gasteiger partial charge in [0.1, 0.15) is 4.90 Å². The molecule has 0 aliphatic heterocycles. The quantitative estimate of drug-likeness (QED) is 0.773. The van der Waals surface area contributed by atoms with Crippen LogP contribution in [0.5, 0.6) is 0 Å². The average molecular weight is 339 g/mol. The van der Waals surface area contributed by atoms with Crippen LogP contribution in [0.4, 0.5) is 0 Å². The van der Waals surface area contributed by atoms with Crippen LogP contribution in [-0.2, 0) is 29.7 Å². The summed E-state index contributed by atoms with van der Waals surface area (Å²) in [6, 6.07) is 1.84. The minimum Gasteiger partial charge on any atom is -0.269 e. The van der Waals surface area contributed by atoms with Gasteiger partial charge in [-0.25, -0.2) is 8.42 Å². The number of hydrogen-bond donors (Lipinski definition) is 0. The van der Waals surface area contributed by atoms with Gasteiger partial charge in [0, 0.05) is 26.3 Å². The molecular weight excluding hydrogens is 314 g/mol. The van der Waals surface area contributed by atoms with Crippen LogP contribution < -0.4 is 0 Å². The summed E-state index contributed by atoms with van der Waals surface area (Å²) in [5.41, 5.74) is 2.11. The highest BCUT2D eigenvalue weighted by atomic mass is 32.2. The van der Waals surface area contributed by atoms with Gasteiger partial charge in [0.2, 0.25) is 10.0 Å². The molecule has 0 fully saturated rings. The Balaban J connectivity index is 2.34. The summed E-state index contributed by atoms with van der Waals surface area (Å²) in [5.74, 6) is 0. The van der Waals surface area contributed by atoms with E-state index < -0.39 is 10.0 Å². The van der Waals surface area contributed by atoms with Gasteiger partial charge in [0.05, 0.1) is 23.6 Å². The molecule has 0 unspecified atom stereocenters. The van der Waals surface area contributed by atoms with E-state index >= 15 is 0 Å². The number of aromatic nitrogens is 4. The number of aryl methyl sites for hydroxylation is 3. The largest absolute Gasteiger partial charge is 0.269 e.